The minimum atomic E-state index is -0.836. The van der Waals surface area contributed by atoms with Crippen LogP contribution in [0.15, 0.2) is 11.1 Å². The molecule has 2 aromatic heterocycles. The topological polar surface area (TPSA) is 144 Å². The number of H-pyrrole nitrogens is 1. The predicted molar refractivity (Wildman–Crippen MR) is 124 cm³/mol. The number of aromatic amines is 1. The van der Waals surface area contributed by atoms with Crippen molar-refractivity contribution in [1.82, 2.24) is 19.5 Å². The van der Waals surface area contributed by atoms with Gasteiger partial charge in [0.1, 0.15) is 24.9 Å². The predicted octanol–water partition coefficient (Wildman–Crippen LogP) is 2.80. The molecule has 11 nitrogen and oxygen atoms in total. The molecule has 34 heavy (non-hydrogen) atoms. The van der Waals surface area contributed by atoms with Gasteiger partial charge in [-0.2, -0.15) is 4.98 Å². The molecule has 2 unspecified atom stereocenters. The van der Waals surface area contributed by atoms with Crippen molar-refractivity contribution >= 4 is 23.1 Å². The first-order valence-electron chi connectivity index (χ1n) is 12.2. The molecule has 0 aliphatic carbocycles. The number of nitrogens with two attached hydrogens (primary N) is 1. The van der Waals surface area contributed by atoms with Crippen LogP contribution in [0.25, 0.3) is 11.2 Å². The molecule has 4 heterocycles. The Hall–Kier alpha value is -2.50. The zero-order chi connectivity index (χ0) is 24.3. The second-order valence-electron chi connectivity index (χ2n) is 9.46. The summed E-state index contributed by atoms with van der Waals surface area (Å²) >= 11 is 0. The maximum absolute atomic E-state index is 12.3. The number of ether oxygens (including phenoxy) is 4. The van der Waals surface area contributed by atoms with Crippen LogP contribution in [0.1, 0.15) is 78.4 Å². The molecule has 0 bridgehead atoms. The molecule has 4 atom stereocenters. The molecule has 3 N–H and O–H groups in total. The maximum atomic E-state index is 12.3. The van der Waals surface area contributed by atoms with Gasteiger partial charge in [-0.05, 0) is 20.3 Å². The Balaban J connectivity index is 1.37. The molecule has 2 aliphatic heterocycles. The lowest BCUT2D eigenvalue weighted by Crippen LogP contribution is -2.33. The highest BCUT2D eigenvalue weighted by molar-refractivity contribution is 5.70. The van der Waals surface area contributed by atoms with Crippen LogP contribution in [0.2, 0.25) is 0 Å². The van der Waals surface area contributed by atoms with E-state index in [-0.39, 0.29) is 29.7 Å². The summed E-state index contributed by atoms with van der Waals surface area (Å²) < 4.78 is 25.5. The van der Waals surface area contributed by atoms with E-state index in [1.807, 2.05) is 13.8 Å². The number of nitrogens with zero attached hydrogens (tertiary/aromatic N) is 3. The Morgan fingerprint density at radius 3 is 2.65 bits per heavy atom. The van der Waals surface area contributed by atoms with Gasteiger partial charge in [-0.1, -0.05) is 45.4 Å². The van der Waals surface area contributed by atoms with Gasteiger partial charge in [0.2, 0.25) is 5.95 Å². The van der Waals surface area contributed by atoms with E-state index in [0.717, 1.165) is 19.3 Å². The number of unbranched alkanes of at least 4 members (excludes halogenated alkanes) is 6. The summed E-state index contributed by atoms with van der Waals surface area (Å²) in [7, 11) is 0. The Bertz CT molecular complexity index is 1050. The Morgan fingerprint density at radius 1 is 1.18 bits per heavy atom. The average Bonchev–Trinajstić information content (AvgIpc) is 3.42. The van der Waals surface area contributed by atoms with Crippen LogP contribution < -0.4 is 11.3 Å². The molecule has 4 rings (SSSR count). The molecule has 0 spiro atoms. The van der Waals surface area contributed by atoms with Crippen LogP contribution in [0.4, 0.5) is 5.95 Å². The minimum absolute atomic E-state index is 0.0199. The number of rotatable bonds is 11. The molecule has 2 aliphatic rings. The van der Waals surface area contributed by atoms with E-state index in [2.05, 4.69) is 21.9 Å². The standard InChI is InChI=1S/C23H35N5O6/c1-4-5-6-7-8-9-10-11-15(29)31-12-14-17-18(34-23(2,3)33-17)21(32-14)28-13-25-16-19(28)26-22(24)27-20(16)30/h13-14,17-18,21H,4-12H2,1-3H3,(H3,24,26,27,30)/t14-,17-,18?,21?/m1/s1. The van der Waals surface area contributed by atoms with E-state index < -0.39 is 35.9 Å². The largest absolute Gasteiger partial charge is 0.463 e. The van der Waals surface area contributed by atoms with E-state index in [4.69, 9.17) is 24.7 Å². The Labute approximate surface area is 198 Å². The third-order valence-corrected chi connectivity index (χ3v) is 6.24. The van der Waals surface area contributed by atoms with Gasteiger partial charge in [0.05, 0.1) is 6.33 Å². The highest BCUT2D eigenvalue weighted by atomic mass is 16.8. The van der Waals surface area contributed by atoms with Crippen molar-refractivity contribution in [3.05, 3.63) is 16.7 Å². The van der Waals surface area contributed by atoms with Crippen molar-refractivity contribution in [2.24, 2.45) is 0 Å². The van der Waals surface area contributed by atoms with Gasteiger partial charge >= 0.3 is 5.97 Å². The number of anilines is 1. The van der Waals surface area contributed by atoms with Crippen LogP contribution in [-0.4, -0.2) is 56.2 Å². The second kappa shape index (κ2) is 10.4. The number of fused-ring (bicyclic) bond motifs is 2. The summed E-state index contributed by atoms with van der Waals surface area (Å²) in [5.41, 5.74) is 5.73. The third kappa shape index (κ3) is 5.42. The summed E-state index contributed by atoms with van der Waals surface area (Å²) in [5.74, 6) is -1.10. The molecule has 2 saturated heterocycles. The Kier molecular flexibility index (Phi) is 7.54. The van der Waals surface area contributed by atoms with Crippen molar-refractivity contribution in [2.45, 2.75) is 102 Å². The fourth-order valence-electron chi connectivity index (χ4n) is 4.62. The smallest absolute Gasteiger partial charge is 0.305 e. The molecule has 0 saturated carbocycles. The molecule has 0 aromatic carbocycles. The van der Waals surface area contributed by atoms with Gasteiger partial charge in [0.25, 0.3) is 5.56 Å². The normalized spacial score (nSPS) is 25.6. The number of aromatic nitrogens is 4. The average molecular weight is 478 g/mol. The van der Waals surface area contributed by atoms with Gasteiger partial charge in [-0.3, -0.25) is 19.1 Å². The number of carbonyl (C=O) groups is 1. The molecule has 0 radical (unpaired) electrons. The molecular formula is C23H35N5O6. The number of esters is 1. The fraction of sp³-hybridized carbons (Fsp3) is 0.739. The third-order valence-electron chi connectivity index (χ3n) is 6.24. The monoisotopic (exact) mass is 477 g/mol. The second-order valence-corrected chi connectivity index (χ2v) is 9.46. The van der Waals surface area contributed by atoms with Gasteiger partial charge in [-0.25, -0.2) is 4.98 Å². The molecule has 2 aromatic rings. The quantitative estimate of drug-likeness (QED) is 0.369. The van der Waals surface area contributed by atoms with Crippen molar-refractivity contribution < 1.29 is 23.7 Å². The lowest BCUT2D eigenvalue weighted by atomic mass is 10.1. The summed E-state index contributed by atoms with van der Waals surface area (Å²) in [6.07, 6.45) is 7.65. The van der Waals surface area contributed by atoms with Crippen molar-refractivity contribution in [3.8, 4) is 0 Å². The Morgan fingerprint density at radius 2 is 1.88 bits per heavy atom. The van der Waals surface area contributed by atoms with Crippen molar-refractivity contribution in [3.63, 3.8) is 0 Å². The van der Waals surface area contributed by atoms with E-state index in [9.17, 15) is 9.59 Å². The SMILES string of the molecule is CCCCCCCCCC(=O)OC[C@H]1OC(n2cnc3c(=O)[nH]c(N)nc32)C2OC(C)(C)O[C@@H]21. The van der Waals surface area contributed by atoms with Crippen molar-refractivity contribution in [2.75, 3.05) is 12.3 Å². The number of nitrogens with one attached hydrogen (secondary N) is 1. The van der Waals surface area contributed by atoms with E-state index >= 15 is 0 Å². The maximum Gasteiger partial charge on any atom is 0.305 e. The highest BCUT2D eigenvalue weighted by Gasteiger charge is 2.56. The molecular weight excluding hydrogens is 442 g/mol. The van der Waals surface area contributed by atoms with Crippen LogP contribution in [0.3, 0.4) is 0 Å². The lowest BCUT2D eigenvalue weighted by Gasteiger charge is -2.24. The first kappa shape index (κ1) is 24.6. The number of hydrogen-bond acceptors (Lipinski definition) is 9. The van der Waals surface area contributed by atoms with Crippen molar-refractivity contribution in [1.29, 1.82) is 0 Å². The van der Waals surface area contributed by atoms with Crippen LogP contribution in [0.5, 0.6) is 0 Å². The highest BCUT2D eigenvalue weighted by Crippen LogP contribution is 2.43. The first-order chi connectivity index (χ1) is 16.3. The molecule has 11 heteroatoms. The zero-order valence-corrected chi connectivity index (χ0v) is 20.1. The number of hydrogen-bond donors (Lipinski definition) is 2. The molecule has 0 amide bonds. The summed E-state index contributed by atoms with van der Waals surface area (Å²) in [6.45, 7) is 5.89. The summed E-state index contributed by atoms with van der Waals surface area (Å²) in [6, 6.07) is 0. The molecule has 2 fully saturated rings. The number of carbonyl (C=O) groups excluding carboxylic acids is 1. The van der Waals surface area contributed by atoms with Gasteiger partial charge < -0.3 is 24.7 Å². The van der Waals surface area contributed by atoms with Gasteiger partial charge in [-0.15, -0.1) is 0 Å². The van der Waals surface area contributed by atoms with Crippen LogP contribution in [-0.2, 0) is 23.7 Å². The molecule has 188 valence electrons. The number of nitrogen functional groups attached to an aromatic ring is 1. The summed E-state index contributed by atoms with van der Waals surface area (Å²) in [5, 5.41) is 0. The van der Waals surface area contributed by atoms with Gasteiger partial charge in [0.15, 0.2) is 23.2 Å². The van der Waals surface area contributed by atoms with E-state index in [1.165, 1.54) is 32.0 Å². The minimum Gasteiger partial charge on any atom is -0.463 e. The van der Waals surface area contributed by atoms with E-state index in [0.29, 0.717) is 6.42 Å². The van der Waals surface area contributed by atoms with Crippen LogP contribution in [0, 0.1) is 0 Å². The van der Waals surface area contributed by atoms with Gasteiger partial charge in [0, 0.05) is 6.42 Å². The van der Waals surface area contributed by atoms with Crippen LogP contribution >= 0.6 is 0 Å². The van der Waals surface area contributed by atoms with E-state index in [1.54, 1.807) is 4.57 Å². The fourth-order valence-corrected chi connectivity index (χ4v) is 4.62. The summed E-state index contributed by atoms with van der Waals surface area (Å²) in [4.78, 5) is 35.3. The zero-order valence-electron chi connectivity index (χ0n) is 20.1. The first-order valence-corrected chi connectivity index (χ1v) is 12.2. The number of imidazole rings is 1. The lowest BCUT2D eigenvalue weighted by molar-refractivity contribution is -0.202.